The number of nitrogens with one attached hydrogen (secondary N) is 3. The van der Waals surface area contributed by atoms with Gasteiger partial charge in [0.2, 0.25) is 11.8 Å². The third kappa shape index (κ3) is 19.1. The van der Waals surface area contributed by atoms with Crippen LogP contribution >= 0.6 is 0 Å². The number of carbonyl (C=O) groups is 6. The molecule has 0 spiro atoms. The maximum absolute atomic E-state index is 14.7. The van der Waals surface area contributed by atoms with E-state index in [2.05, 4.69) is 26.3 Å². The summed E-state index contributed by atoms with van der Waals surface area (Å²) in [7, 11) is 0. The molecule has 24 heteroatoms. The van der Waals surface area contributed by atoms with Crippen LogP contribution in [-0.2, 0) is 57.6 Å². The van der Waals surface area contributed by atoms with Gasteiger partial charge in [-0.15, -0.1) is 5.10 Å². The molecule has 4 aromatic carbocycles. The Labute approximate surface area is 515 Å². The molecule has 0 aliphatic carbocycles. The zero-order valence-corrected chi connectivity index (χ0v) is 50.2. The van der Waals surface area contributed by atoms with Gasteiger partial charge in [-0.05, 0) is 123 Å². The Kier molecular flexibility index (Phi) is 25.4. The van der Waals surface area contributed by atoms with Crippen molar-refractivity contribution in [3.05, 3.63) is 137 Å². The van der Waals surface area contributed by atoms with E-state index in [-0.39, 0.29) is 55.2 Å². The van der Waals surface area contributed by atoms with Crippen LogP contribution in [0.1, 0.15) is 114 Å². The first-order chi connectivity index (χ1) is 43.2. The molecule has 1 fully saturated rings. The number of anilines is 2. The first-order valence-electron chi connectivity index (χ1n) is 30.2. The number of amides is 5. The van der Waals surface area contributed by atoms with Crippen LogP contribution < -0.4 is 20.7 Å². The van der Waals surface area contributed by atoms with Crippen molar-refractivity contribution in [1.82, 2.24) is 29.8 Å². The van der Waals surface area contributed by atoms with Gasteiger partial charge in [0.05, 0.1) is 126 Å². The van der Waals surface area contributed by atoms with Crippen LogP contribution in [-0.4, -0.2) is 173 Å². The zero-order valence-electron chi connectivity index (χ0n) is 50.2. The van der Waals surface area contributed by atoms with Gasteiger partial charge in [-0.2, -0.15) is 0 Å². The molecule has 2 aliphatic rings. The number of fused-ring (bicyclic) bond motifs is 1. The molecule has 1 saturated heterocycles. The summed E-state index contributed by atoms with van der Waals surface area (Å²) in [5.41, 5.74) is 5.96. The molecule has 6 aromatic rings. The molecular formula is C65H79FN8O15. The third-order valence-corrected chi connectivity index (χ3v) is 14.9. The van der Waals surface area contributed by atoms with E-state index >= 15 is 0 Å². The second-order valence-corrected chi connectivity index (χ2v) is 21.9. The SMILES string of the molecule is CC(C)c1c(C(=O)Nc2ccccc2)c(-c2cccc(OCCCCCc3cn(CCOCCOCCOCCOCCOCCNc4cccc5c4C(=O)N(C4CCC(=O)NC4=O)C5=O)nn3)c2)c(-c2ccc(F)cc2)n1CCC(O)CC(O)CC(=O)O. The number of rotatable bonds is 39. The number of aliphatic hydroxyl groups excluding tert-OH is 2. The Morgan fingerprint density at radius 1 is 0.730 bits per heavy atom. The van der Waals surface area contributed by atoms with Crippen molar-refractivity contribution in [2.75, 3.05) is 89.9 Å². The second kappa shape index (κ2) is 33.9. The van der Waals surface area contributed by atoms with E-state index in [0.717, 1.165) is 36.3 Å². The largest absolute Gasteiger partial charge is 0.494 e. The molecule has 8 rings (SSSR count). The predicted molar refractivity (Wildman–Crippen MR) is 326 cm³/mol. The van der Waals surface area contributed by atoms with E-state index in [9.17, 15) is 48.5 Å². The summed E-state index contributed by atoms with van der Waals surface area (Å²) < 4.78 is 52.7. The summed E-state index contributed by atoms with van der Waals surface area (Å²) in [6.45, 7) is 9.35. The van der Waals surface area contributed by atoms with Gasteiger partial charge in [0.1, 0.15) is 17.6 Å². The fraction of sp³-hybridized carbons (Fsp3) is 0.446. The number of hydrogen-bond acceptors (Lipinski definition) is 17. The summed E-state index contributed by atoms with van der Waals surface area (Å²) in [5.74, 6) is -3.80. The number of imide groups is 2. The van der Waals surface area contributed by atoms with E-state index in [1.54, 1.807) is 47.1 Å². The van der Waals surface area contributed by atoms with Crippen molar-refractivity contribution in [3.8, 4) is 28.1 Å². The van der Waals surface area contributed by atoms with Crippen LogP contribution in [0.2, 0.25) is 0 Å². The Morgan fingerprint density at radius 3 is 2.10 bits per heavy atom. The molecular weight excluding hydrogens is 1150 g/mol. The second-order valence-electron chi connectivity index (χ2n) is 21.9. The molecule has 0 saturated carbocycles. The number of halogens is 1. The van der Waals surface area contributed by atoms with E-state index in [0.29, 0.717) is 137 Å². The quantitative estimate of drug-likeness (QED) is 0.0163. The van der Waals surface area contributed by atoms with Crippen LogP contribution in [0.5, 0.6) is 5.75 Å². The fourth-order valence-electron chi connectivity index (χ4n) is 10.7. The van der Waals surface area contributed by atoms with Gasteiger partial charge in [-0.1, -0.05) is 55.5 Å². The first kappa shape index (κ1) is 66.7. The lowest BCUT2D eigenvalue weighted by atomic mass is 9.94. The Morgan fingerprint density at radius 2 is 1.42 bits per heavy atom. The van der Waals surface area contributed by atoms with E-state index in [1.165, 1.54) is 12.1 Å². The highest BCUT2D eigenvalue weighted by molar-refractivity contribution is 6.25. The van der Waals surface area contributed by atoms with Crippen molar-refractivity contribution in [1.29, 1.82) is 0 Å². The first-order valence-corrected chi connectivity index (χ1v) is 30.2. The molecule has 0 radical (unpaired) electrons. The molecule has 3 atom stereocenters. The number of aryl methyl sites for hydroxylation is 1. The molecule has 4 heterocycles. The normalized spacial score (nSPS) is 14.7. The summed E-state index contributed by atoms with van der Waals surface area (Å²) in [4.78, 5) is 77.2. The number of carboxylic acid groups (broad SMARTS) is 1. The van der Waals surface area contributed by atoms with Gasteiger partial charge in [0.15, 0.2) is 0 Å². The van der Waals surface area contributed by atoms with Crippen molar-refractivity contribution >= 4 is 46.9 Å². The van der Waals surface area contributed by atoms with Gasteiger partial charge in [0, 0.05) is 48.3 Å². The van der Waals surface area contributed by atoms with Crippen molar-refractivity contribution in [2.45, 2.75) is 109 Å². The smallest absolute Gasteiger partial charge is 0.305 e. The van der Waals surface area contributed by atoms with Crippen molar-refractivity contribution < 1.29 is 76.9 Å². The van der Waals surface area contributed by atoms with E-state index in [1.807, 2.05) is 67.1 Å². The van der Waals surface area contributed by atoms with Crippen molar-refractivity contribution in [3.63, 3.8) is 0 Å². The lowest BCUT2D eigenvalue weighted by molar-refractivity contribution is -0.140. The molecule has 23 nitrogen and oxygen atoms in total. The van der Waals surface area contributed by atoms with Gasteiger partial charge in [-0.25, -0.2) is 9.07 Å². The maximum Gasteiger partial charge on any atom is 0.305 e. The van der Waals surface area contributed by atoms with Gasteiger partial charge in [0.25, 0.3) is 17.7 Å². The number of benzene rings is 4. The molecule has 476 valence electrons. The molecule has 3 unspecified atom stereocenters. The lowest BCUT2D eigenvalue weighted by Gasteiger charge is -2.27. The number of hydrogen-bond donors (Lipinski definition) is 6. The Bertz CT molecular complexity index is 3320. The highest BCUT2D eigenvalue weighted by Gasteiger charge is 2.45. The van der Waals surface area contributed by atoms with E-state index in [4.69, 9.17) is 28.4 Å². The molecule has 0 bridgehead atoms. The lowest BCUT2D eigenvalue weighted by Crippen LogP contribution is -2.54. The minimum absolute atomic E-state index is 0.0484. The molecule has 6 N–H and O–H groups in total. The van der Waals surface area contributed by atoms with Gasteiger partial charge < -0.3 is 58.9 Å². The maximum atomic E-state index is 14.7. The molecule has 89 heavy (non-hydrogen) atoms. The number of aliphatic carboxylic acids is 1. The van der Waals surface area contributed by atoms with Crippen LogP contribution in [0, 0.1) is 5.82 Å². The Hall–Kier alpha value is -8.23. The molecule has 2 aliphatic heterocycles. The average molecular weight is 1230 g/mol. The molecule has 5 amide bonds. The predicted octanol–water partition coefficient (Wildman–Crippen LogP) is 7.29. The summed E-state index contributed by atoms with van der Waals surface area (Å²) >= 11 is 0. The number of nitrogens with zero attached hydrogens (tertiary/aromatic N) is 5. The van der Waals surface area contributed by atoms with Crippen LogP contribution in [0.25, 0.3) is 22.4 Å². The number of ether oxygens (including phenoxy) is 6. The zero-order chi connectivity index (χ0) is 63.1. The van der Waals surface area contributed by atoms with Gasteiger partial charge >= 0.3 is 5.97 Å². The minimum Gasteiger partial charge on any atom is -0.494 e. The van der Waals surface area contributed by atoms with Crippen LogP contribution in [0.4, 0.5) is 15.8 Å². The number of piperidine rings is 1. The molecule has 2 aromatic heterocycles. The van der Waals surface area contributed by atoms with E-state index < -0.39 is 60.1 Å². The monoisotopic (exact) mass is 1230 g/mol. The number of carbonyl (C=O) groups excluding carboxylic acids is 5. The third-order valence-electron chi connectivity index (χ3n) is 14.9. The number of unbranched alkanes of at least 4 members (excludes halogenated alkanes) is 2. The average Bonchev–Trinajstić information content (AvgIpc) is 2.28. The topological polar surface area (TPSA) is 293 Å². The van der Waals surface area contributed by atoms with Gasteiger partial charge in [-0.3, -0.25) is 39.0 Å². The summed E-state index contributed by atoms with van der Waals surface area (Å²) in [6, 6.07) is 26.5. The highest BCUT2D eigenvalue weighted by Crippen LogP contribution is 2.44. The number of para-hydroxylation sites is 1. The summed E-state index contributed by atoms with van der Waals surface area (Å²) in [5, 5.41) is 47.6. The van der Waals surface area contributed by atoms with Crippen molar-refractivity contribution in [2.24, 2.45) is 0 Å². The minimum atomic E-state index is -1.24. The van der Waals surface area contributed by atoms with Crippen LogP contribution in [0.3, 0.4) is 0 Å². The van der Waals surface area contributed by atoms with Crippen LogP contribution in [0.15, 0.2) is 103 Å². The summed E-state index contributed by atoms with van der Waals surface area (Å²) in [6.07, 6.45) is 2.50. The fourth-order valence-corrected chi connectivity index (χ4v) is 10.7. The Balaban J connectivity index is 0.696. The number of aliphatic hydroxyl groups is 2. The number of carboxylic acids is 1. The number of aromatic nitrogens is 4. The standard InChI is InChI=1S/C65H79FN8O15/c1-43(2)60-59(63(81)68-47-12-5-3-6-13-47)57(61(44-18-20-46(66)21-19-44)73(60)26-24-49(75)40-50(76)41-56(78)79)45-11-9-15-51(39-45)89-28-8-4-7-14-48-42-72(71-70-48)27-30-85-32-34-87-36-38-88-37-35-86-33-31-84-29-25-67-53-17-10-16-52-58(53)65(83)74(64(52)82)54-22-23-55(77)69-62(54)80/h3,5-6,9-13,15-21,39,42-43,49-50,54,67,75-76H,4,7-8,14,22-38,40-41H2,1-2H3,(H,68,81)(H,78,79)(H,69,77,80). The highest BCUT2D eigenvalue weighted by atomic mass is 19.1.